The lowest BCUT2D eigenvalue weighted by Crippen LogP contribution is -2.46. The fourth-order valence-electron chi connectivity index (χ4n) is 3.65. The van der Waals surface area contributed by atoms with E-state index in [1.807, 2.05) is 0 Å². The van der Waals surface area contributed by atoms with Crippen LogP contribution in [0.1, 0.15) is 71.6 Å². The first-order chi connectivity index (χ1) is 8.59. The molecule has 0 amide bonds. The van der Waals surface area contributed by atoms with Gasteiger partial charge in [0.05, 0.1) is 5.60 Å². The fourth-order valence-corrected chi connectivity index (χ4v) is 3.65. The molecule has 2 rings (SSSR count). The highest BCUT2D eigenvalue weighted by Crippen LogP contribution is 2.33. The number of aliphatic hydroxyl groups is 1. The van der Waals surface area contributed by atoms with Gasteiger partial charge in [-0.3, -0.25) is 4.90 Å². The molecule has 0 unspecified atom stereocenters. The lowest BCUT2D eigenvalue weighted by Gasteiger charge is -2.36. The maximum Gasteiger partial charge on any atom is 0.0774 e. The van der Waals surface area contributed by atoms with Crippen molar-refractivity contribution in [1.82, 2.24) is 4.90 Å². The number of hydrogen-bond donors (Lipinski definition) is 1. The van der Waals surface area contributed by atoms with Gasteiger partial charge in [-0.15, -0.1) is 0 Å². The average Bonchev–Trinajstić information content (AvgIpc) is 2.95. The van der Waals surface area contributed by atoms with Gasteiger partial charge in [0.2, 0.25) is 0 Å². The Labute approximate surface area is 113 Å². The van der Waals surface area contributed by atoms with Crippen LogP contribution in [0.4, 0.5) is 0 Å². The molecule has 0 heterocycles. The van der Waals surface area contributed by atoms with E-state index < -0.39 is 0 Å². The molecule has 106 valence electrons. The number of hydrogen-bond acceptors (Lipinski definition) is 2. The van der Waals surface area contributed by atoms with E-state index >= 15 is 0 Å². The topological polar surface area (TPSA) is 23.5 Å². The van der Waals surface area contributed by atoms with E-state index in [1.54, 1.807) is 0 Å². The van der Waals surface area contributed by atoms with Crippen LogP contribution in [0, 0.1) is 5.92 Å². The predicted octanol–water partition coefficient (Wildman–Crippen LogP) is 3.58. The molecule has 0 spiro atoms. The van der Waals surface area contributed by atoms with Crippen LogP contribution < -0.4 is 0 Å². The van der Waals surface area contributed by atoms with E-state index in [-0.39, 0.29) is 5.60 Å². The summed E-state index contributed by atoms with van der Waals surface area (Å²) in [5, 5.41) is 10.6. The number of rotatable bonds is 6. The summed E-state index contributed by atoms with van der Waals surface area (Å²) in [6.07, 6.45) is 11.3. The van der Waals surface area contributed by atoms with Crippen molar-refractivity contribution in [2.75, 3.05) is 13.1 Å². The third-order valence-corrected chi connectivity index (χ3v) is 4.87. The quantitative estimate of drug-likeness (QED) is 0.782. The molecule has 1 N–H and O–H groups in total. The molecule has 0 aromatic heterocycles. The second-order valence-electron chi connectivity index (χ2n) is 7.02. The third-order valence-electron chi connectivity index (χ3n) is 4.87. The molecule has 0 bridgehead atoms. The molecule has 0 aromatic rings. The van der Waals surface area contributed by atoms with E-state index in [2.05, 4.69) is 18.7 Å². The maximum atomic E-state index is 10.6. The van der Waals surface area contributed by atoms with Gasteiger partial charge in [-0.25, -0.2) is 0 Å². The molecule has 2 heteroatoms. The monoisotopic (exact) mass is 253 g/mol. The zero-order valence-electron chi connectivity index (χ0n) is 12.3. The van der Waals surface area contributed by atoms with Crippen LogP contribution >= 0.6 is 0 Å². The Morgan fingerprint density at radius 1 is 1.11 bits per heavy atom. The maximum absolute atomic E-state index is 10.6. The zero-order chi connectivity index (χ0) is 13.0. The smallest absolute Gasteiger partial charge is 0.0774 e. The van der Waals surface area contributed by atoms with Gasteiger partial charge in [-0.1, -0.05) is 39.5 Å². The Morgan fingerprint density at radius 2 is 1.72 bits per heavy atom. The molecule has 2 aliphatic carbocycles. The average molecular weight is 253 g/mol. The van der Waals surface area contributed by atoms with E-state index in [9.17, 15) is 5.11 Å². The molecule has 2 saturated carbocycles. The molecule has 18 heavy (non-hydrogen) atoms. The minimum atomic E-state index is -0.362. The van der Waals surface area contributed by atoms with Gasteiger partial charge in [0.1, 0.15) is 0 Å². The standard InChI is InChI=1S/C16H31NO/c1-14(2)9-12-17(15-7-3-4-8-15)13-16(18)10-5-6-11-16/h14-15,18H,3-13H2,1-2H3. The van der Waals surface area contributed by atoms with Gasteiger partial charge >= 0.3 is 0 Å². The highest BCUT2D eigenvalue weighted by Gasteiger charge is 2.35. The van der Waals surface area contributed by atoms with E-state index in [1.165, 1.54) is 51.5 Å². The molecular formula is C16H31NO. The Hall–Kier alpha value is -0.0800. The van der Waals surface area contributed by atoms with Crippen molar-refractivity contribution in [3.8, 4) is 0 Å². The molecular weight excluding hydrogens is 222 g/mol. The van der Waals surface area contributed by atoms with Gasteiger partial charge in [0.25, 0.3) is 0 Å². The summed E-state index contributed by atoms with van der Waals surface area (Å²) >= 11 is 0. The van der Waals surface area contributed by atoms with Crippen molar-refractivity contribution < 1.29 is 5.11 Å². The summed E-state index contributed by atoms with van der Waals surface area (Å²) in [7, 11) is 0. The van der Waals surface area contributed by atoms with Crippen molar-refractivity contribution in [2.45, 2.75) is 83.3 Å². The van der Waals surface area contributed by atoms with Crippen LogP contribution in [0.2, 0.25) is 0 Å². The van der Waals surface area contributed by atoms with E-state index in [0.717, 1.165) is 31.3 Å². The van der Waals surface area contributed by atoms with E-state index in [0.29, 0.717) is 0 Å². The van der Waals surface area contributed by atoms with Crippen LogP contribution in [0.3, 0.4) is 0 Å². The molecule has 0 aliphatic heterocycles. The van der Waals surface area contributed by atoms with Gasteiger partial charge < -0.3 is 5.11 Å². The molecule has 2 fully saturated rings. The van der Waals surface area contributed by atoms with Crippen molar-refractivity contribution in [3.05, 3.63) is 0 Å². The summed E-state index contributed by atoms with van der Waals surface area (Å²) in [6, 6.07) is 0.758. The molecule has 0 saturated heterocycles. The highest BCUT2D eigenvalue weighted by molar-refractivity contribution is 4.90. The summed E-state index contributed by atoms with van der Waals surface area (Å²) in [5.41, 5.74) is -0.362. The number of nitrogens with zero attached hydrogens (tertiary/aromatic N) is 1. The normalized spacial score (nSPS) is 24.5. The van der Waals surface area contributed by atoms with Crippen LogP contribution in [0.15, 0.2) is 0 Å². The SMILES string of the molecule is CC(C)CCN(CC1(O)CCCC1)C1CCCC1. The lowest BCUT2D eigenvalue weighted by molar-refractivity contribution is -0.00424. The summed E-state index contributed by atoms with van der Waals surface area (Å²) in [5.74, 6) is 0.770. The second kappa shape index (κ2) is 6.38. The minimum absolute atomic E-state index is 0.362. The molecule has 2 nitrogen and oxygen atoms in total. The summed E-state index contributed by atoms with van der Waals surface area (Å²) < 4.78 is 0. The second-order valence-corrected chi connectivity index (χ2v) is 7.02. The van der Waals surface area contributed by atoms with Crippen LogP contribution in [-0.4, -0.2) is 34.7 Å². The Bertz CT molecular complexity index is 239. The minimum Gasteiger partial charge on any atom is -0.389 e. The van der Waals surface area contributed by atoms with Gasteiger partial charge in [-0.05, 0) is 44.6 Å². The van der Waals surface area contributed by atoms with Crippen LogP contribution in [-0.2, 0) is 0 Å². The summed E-state index contributed by atoms with van der Waals surface area (Å²) in [6.45, 7) is 6.73. The van der Waals surface area contributed by atoms with Gasteiger partial charge in [-0.2, -0.15) is 0 Å². The first-order valence-electron chi connectivity index (χ1n) is 8.05. The van der Waals surface area contributed by atoms with Crippen molar-refractivity contribution >= 4 is 0 Å². The highest BCUT2D eigenvalue weighted by atomic mass is 16.3. The summed E-state index contributed by atoms with van der Waals surface area (Å²) in [4.78, 5) is 2.62. The van der Waals surface area contributed by atoms with Crippen molar-refractivity contribution in [1.29, 1.82) is 0 Å². The van der Waals surface area contributed by atoms with Gasteiger partial charge in [0, 0.05) is 12.6 Å². The first kappa shape index (κ1) is 14.3. The van der Waals surface area contributed by atoms with Crippen LogP contribution in [0.25, 0.3) is 0 Å². The Kier molecular flexibility index (Phi) is 5.08. The molecule has 0 atom stereocenters. The van der Waals surface area contributed by atoms with Crippen molar-refractivity contribution in [2.24, 2.45) is 5.92 Å². The zero-order valence-corrected chi connectivity index (χ0v) is 12.3. The van der Waals surface area contributed by atoms with E-state index in [4.69, 9.17) is 0 Å². The van der Waals surface area contributed by atoms with Gasteiger partial charge in [0.15, 0.2) is 0 Å². The lowest BCUT2D eigenvalue weighted by atomic mass is 9.99. The fraction of sp³-hybridized carbons (Fsp3) is 1.00. The third kappa shape index (κ3) is 3.96. The predicted molar refractivity (Wildman–Crippen MR) is 76.7 cm³/mol. The molecule has 2 aliphatic rings. The first-order valence-corrected chi connectivity index (χ1v) is 8.05. The Balaban J connectivity index is 1.90. The molecule has 0 aromatic carbocycles. The largest absolute Gasteiger partial charge is 0.389 e. The van der Waals surface area contributed by atoms with Crippen molar-refractivity contribution in [3.63, 3.8) is 0 Å². The Morgan fingerprint density at radius 3 is 2.28 bits per heavy atom. The molecule has 0 radical (unpaired) electrons. The van der Waals surface area contributed by atoms with Crippen LogP contribution in [0.5, 0.6) is 0 Å².